The Labute approximate surface area is 273 Å². The van der Waals surface area contributed by atoms with E-state index in [1.807, 2.05) is 24.3 Å². The molecule has 8 nitrogen and oxygen atoms in total. The summed E-state index contributed by atoms with van der Waals surface area (Å²) in [6.45, 7) is 3.79. The number of fused-ring (bicyclic) bond motifs is 7. The number of nitrogens with zero attached hydrogens (tertiary/aromatic N) is 4. The summed E-state index contributed by atoms with van der Waals surface area (Å²) < 4.78 is 23.3. The number of phenolic OH excluding ortho intramolecular Hbond substituents is 1. The molecule has 4 aliphatic heterocycles. The van der Waals surface area contributed by atoms with E-state index in [9.17, 15) is 9.90 Å². The van der Waals surface area contributed by atoms with Crippen molar-refractivity contribution >= 4 is 33.3 Å². The molecular formula is C38H38FN5O3. The summed E-state index contributed by atoms with van der Waals surface area (Å²) in [6.07, 6.45) is 13.0. The van der Waals surface area contributed by atoms with E-state index >= 15 is 4.39 Å². The summed E-state index contributed by atoms with van der Waals surface area (Å²) in [7, 11) is 0. The molecule has 2 N–H and O–H groups in total. The molecule has 9 heteroatoms. The molecule has 6 fully saturated rings. The van der Waals surface area contributed by atoms with E-state index in [1.165, 1.54) is 0 Å². The number of anilines is 1. The number of aromatic hydroxyl groups is 1. The Morgan fingerprint density at radius 1 is 1.04 bits per heavy atom. The second-order valence-corrected chi connectivity index (χ2v) is 14.6. The average molecular weight is 632 g/mol. The molecule has 4 bridgehead atoms. The Morgan fingerprint density at radius 2 is 1.87 bits per heavy atom. The van der Waals surface area contributed by atoms with Gasteiger partial charge in [0.1, 0.15) is 22.9 Å². The van der Waals surface area contributed by atoms with Crippen LogP contribution in [0.15, 0.2) is 42.5 Å². The van der Waals surface area contributed by atoms with Crippen LogP contribution in [0.2, 0.25) is 0 Å². The van der Waals surface area contributed by atoms with Gasteiger partial charge in [-0.15, -0.1) is 6.42 Å². The van der Waals surface area contributed by atoms with Gasteiger partial charge in [0.05, 0.1) is 6.61 Å². The largest absolute Gasteiger partial charge is 0.508 e. The number of hydrogen-bond donors (Lipinski definition) is 2. The lowest BCUT2D eigenvalue weighted by atomic mass is 9.78. The molecule has 2 aliphatic carbocycles. The van der Waals surface area contributed by atoms with Crippen LogP contribution in [-0.4, -0.2) is 76.7 Å². The highest BCUT2D eigenvalue weighted by atomic mass is 19.1. The van der Waals surface area contributed by atoms with Gasteiger partial charge in [0.25, 0.3) is 0 Å². The van der Waals surface area contributed by atoms with Crippen molar-refractivity contribution in [2.24, 2.45) is 11.3 Å². The van der Waals surface area contributed by atoms with Gasteiger partial charge in [0.15, 0.2) is 5.82 Å². The van der Waals surface area contributed by atoms with Crippen LogP contribution in [0, 0.1) is 29.5 Å². The Hall–Kier alpha value is -4.26. The monoisotopic (exact) mass is 631 g/mol. The number of ketones is 1. The van der Waals surface area contributed by atoms with Crippen LogP contribution >= 0.6 is 0 Å². The Balaban J connectivity index is 1.10. The van der Waals surface area contributed by atoms with Gasteiger partial charge in [-0.1, -0.05) is 24.1 Å². The Morgan fingerprint density at radius 3 is 2.60 bits per heavy atom. The first-order valence-electron chi connectivity index (χ1n) is 17.0. The number of rotatable bonds is 7. The van der Waals surface area contributed by atoms with Gasteiger partial charge >= 0.3 is 6.01 Å². The predicted molar refractivity (Wildman–Crippen MR) is 179 cm³/mol. The first-order valence-corrected chi connectivity index (χ1v) is 17.0. The molecule has 4 aromatic rings. The highest BCUT2D eigenvalue weighted by Gasteiger charge is 2.49. The second kappa shape index (κ2) is 10.9. The third kappa shape index (κ3) is 5.01. The zero-order valence-corrected chi connectivity index (χ0v) is 26.3. The lowest BCUT2D eigenvalue weighted by molar-refractivity contribution is -0.133. The first kappa shape index (κ1) is 28.9. The van der Waals surface area contributed by atoms with E-state index in [4.69, 9.17) is 21.1 Å². The van der Waals surface area contributed by atoms with Crippen LogP contribution in [0.5, 0.6) is 11.8 Å². The van der Waals surface area contributed by atoms with Crippen molar-refractivity contribution < 1.29 is 19.0 Å². The number of piperazine rings is 1. The van der Waals surface area contributed by atoms with Crippen LogP contribution in [0.25, 0.3) is 32.8 Å². The lowest BCUT2D eigenvalue weighted by Gasteiger charge is -2.45. The molecular weight excluding hydrogens is 593 g/mol. The summed E-state index contributed by atoms with van der Waals surface area (Å²) in [5.74, 6) is 3.55. The third-order valence-corrected chi connectivity index (χ3v) is 11.4. The SMILES string of the molecule is C#Cc1cccc2cc(O)cc(-c3ccc4c(N5CC6CCC(C5)N6)nc(OCC5(CN6CC7CCC6CC7=O)CC5)nc4c3F)c12. The van der Waals surface area contributed by atoms with Gasteiger partial charge in [-0.2, -0.15) is 9.97 Å². The van der Waals surface area contributed by atoms with Crippen LogP contribution in [0.3, 0.4) is 0 Å². The van der Waals surface area contributed by atoms with Crippen LogP contribution in [0.1, 0.15) is 50.5 Å². The molecule has 4 atom stereocenters. The fraction of sp³-hybridized carbons (Fsp3) is 0.447. The molecule has 5 heterocycles. The van der Waals surface area contributed by atoms with Crippen molar-refractivity contribution in [2.45, 2.75) is 63.1 Å². The van der Waals surface area contributed by atoms with Crippen LogP contribution in [0.4, 0.5) is 10.2 Å². The summed E-state index contributed by atoms with van der Waals surface area (Å²) in [5, 5.41) is 16.4. The van der Waals surface area contributed by atoms with Crippen molar-refractivity contribution in [3.8, 4) is 35.2 Å². The molecule has 0 amide bonds. The van der Waals surface area contributed by atoms with E-state index < -0.39 is 5.82 Å². The maximum Gasteiger partial charge on any atom is 0.319 e. The third-order valence-electron chi connectivity index (χ3n) is 11.4. The number of carbonyl (C=O) groups is 1. The fourth-order valence-electron chi connectivity index (χ4n) is 8.71. The smallest absolute Gasteiger partial charge is 0.319 e. The van der Waals surface area contributed by atoms with Crippen molar-refractivity contribution in [2.75, 3.05) is 37.7 Å². The molecule has 47 heavy (non-hydrogen) atoms. The van der Waals surface area contributed by atoms with Crippen molar-refractivity contribution in [3.63, 3.8) is 0 Å². The molecule has 0 radical (unpaired) electrons. The molecule has 4 saturated heterocycles. The van der Waals surface area contributed by atoms with Crippen LogP contribution in [-0.2, 0) is 4.79 Å². The number of terminal acetylenes is 1. The minimum absolute atomic E-state index is 0.000338. The number of phenols is 1. The maximum atomic E-state index is 16.9. The highest BCUT2D eigenvalue weighted by Crippen LogP contribution is 2.49. The van der Waals surface area contributed by atoms with Crippen molar-refractivity contribution in [3.05, 3.63) is 53.8 Å². The van der Waals surface area contributed by atoms with Gasteiger partial charge in [-0.05, 0) is 73.7 Å². The van der Waals surface area contributed by atoms with Gasteiger partial charge in [0.2, 0.25) is 0 Å². The zero-order chi connectivity index (χ0) is 31.9. The summed E-state index contributed by atoms with van der Waals surface area (Å²) >= 11 is 0. The lowest BCUT2D eigenvalue weighted by Crippen LogP contribution is -2.54. The number of halogens is 1. The van der Waals surface area contributed by atoms with E-state index in [2.05, 4.69) is 21.0 Å². The second-order valence-electron chi connectivity index (χ2n) is 14.6. The number of piperidine rings is 2. The number of Topliss-reactive ketones (excluding diaryl/α,β-unsaturated/α-hetero) is 1. The molecule has 240 valence electrons. The quantitative estimate of drug-likeness (QED) is 0.261. The average Bonchev–Trinajstić information content (AvgIpc) is 3.76. The van der Waals surface area contributed by atoms with Gasteiger partial charge in [-0.25, -0.2) is 4.39 Å². The molecule has 1 aromatic heterocycles. The highest BCUT2D eigenvalue weighted by molar-refractivity contribution is 6.04. The van der Waals surface area contributed by atoms with E-state index in [-0.39, 0.29) is 28.6 Å². The minimum Gasteiger partial charge on any atom is -0.508 e. The number of benzene rings is 3. The van der Waals surface area contributed by atoms with Gasteiger partial charge in [-0.3, -0.25) is 9.69 Å². The molecule has 2 saturated carbocycles. The number of carbonyl (C=O) groups excluding carboxylic acids is 1. The van der Waals surface area contributed by atoms with Crippen molar-refractivity contribution in [1.82, 2.24) is 20.2 Å². The fourth-order valence-corrected chi connectivity index (χ4v) is 8.71. The molecule has 0 spiro atoms. The van der Waals surface area contributed by atoms with Crippen LogP contribution < -0.4 is 15.0 Å². The minimum atomic E-state index is -0.497. The van der Waals surface area contributed by atoms with Crippen molar-refractivity contribution in [1.29, 1.82) is 0 Å². The predicted octanol–water partition coefficient (Wildman–Crippen LogP) is 5.43. The molecule has 6 aliphatic rings. The maximum absolute atomic E-state index is 16.9. The Bertz CT molecular complexity index is 1970. The van der Waals surface area contributed by atoms with E-state index in [0.29, 0.717) is 70.2 Å². The first-order chi connectivity index (χ1) is 22.9. The van der Waals surface area contributed by atoms with E-state index in [0.717, 1.165) is 70.1 Å². The van der Waals surface area contributed by atoms with E-state index in [1.54, 1.807) is 18.2 Å². The summed E-state index contributed by atoms with van der Waals surface area (Å²) in [4.78, 5) is 26.8. The summed E-state index contributed by atoms with van der Waals surface area (Å²) in [5.41, 5.74) is 1.65. The Kier molecular flexibility index (Phi) is 6.70. The number of aromatic nitrogens is 2. The molecule has 10 rings (SSSR count). The normalized spacial score (nSPS) is 26.2. The standard InChI is InChI=1S/C38H38FN5O3/c1-2-22-4-3-5-23-14-28(45)16-31(33(22)23)29-10-11-30-35(34(29)39)41-37(42-36(30)43-18-25-7-8-26(19-43)40-25)47-21-38(12-13-38)20-44-17-24-6-9-27(44)15-32(24)46/h1,3-5,10-11,14,16,24-27,40,45H,6-9,12-13,15,17-21H2. The van der Waals surface area contributed by atoms with Gasteiger partial charge < -0.3 is 20.1 Å². The topological polar surface area (TPSA) is 90.8 Å². The number of hydrogen-bond acceptors (Lipinski definition) is 8. The number of nitrogens with one attached hydrogen (secondary N) is 1. The summed E-state index contributed by atoms with van der Waals surface area (Å²) in [6, 6.07) is 13.6. The zero-order valence-electron chi connectivity index (χ0n) is 26.3. The molecule has 3 aromatic carbocycles. The number of ether oxygens (including phenoxy) is 1. The van der Waals surface area contributed by atoms with Gasteiger partial charge in [0, 0.05) is 84.0 Å². The molecule has 4 unspecified atom stereocenters.